The third kappa shape index (κ3) is 2.19. The molecule has 0 aromatic heterocycles. The zero-order valence-electron chi connectivity index (χ0n) is 8.50. The van der Waals surface area contributed by atoms with Crippen LogP contribution in [0.2, 0.25) is 0 Å². The van der Waals surface area contributed by atoms with Gasteiger partial charge in [0.15, 0.2) is 0 Å². The molecule has 1 rings (SSSR count). The molecule has 0 aliphatic carbocycles. The highest BCUT2D eigenvalue weighted by atomic mass is 16.5. The van der Waals surface area contributed by atoms with Crippen LogP contribution in [0.25, 0.3) is 5.57 Å². The van der Waals surface area contributed by atoms with E-state index in [2.05, 4.69) is 6.58 Å². The van der Waals surface area contributed by atoms with Gasteiger partial charge in [-0.15, -0.1) is 0 Å². The maximum atomic E-state index is 5.35. The molecule has 0 bridgehead atoms. The number of benzene rings is 1. The van der Waals surface area contributed by atoms with E-state index in [0.717, 1.165) is 11.1 Å². The minimum atomic E-state index is -0.290. The average Bonchev–Trinajstić information content (AvgIpc) is 2.18. The molecule has 1 nitrogen and oxygen atoms in total. The van der Waals surface area contributed by atoms with Crippen LogP contribution < -0.4 is 0 Å². The van der Waals surface area contributed by atoms with Crippen LogP contribution in [0.5, 0.6) is 0 Å². The Morgan fingerprint density at radius 1 is 1.23 bits per heavy atom. The SMILES string of the molecule is C=C(c1ccccc1)C(C)(C)OC. The van der Waals surface area contributed by atoms with Gasteiger partial charge in [-0.3, -0.25) is 0 Å². The summed E-state index contributed by atoms with van der Waals surface area (Å²) in [5, 5.41) is 0. The molecule has 1 heteroatoms. The minimum Gasteiger partial charge on any atom is -0.374 e. The molecule has 0 saturated carbocycles. The third-order valence-corrected chi connectivity index (χ3v) is 2.36. The van der Waals surface area contributed by atoms with Crippen LogP contribution in [0.3, 0.4) is 0 Å². The van der Waals surface area contributed by atoms with Crippen molar-refractivity contribution in [3.63, 3.8) is 0 Å². The van der Waals surface area contributed by atoms with Crippen LogP contribution in [-0.4, -0.2) is 12.7 Å². The van der Waals surface area contributed by atoms with E-state index < -0.39 is 0 Å². The van der Waals surface area contributed by atoms with E-state index in [0.29, 0.717) is 0 Å². The van der Waals surface area contributed by atoms with Gasteiger partial charge in [-0.05, 0) is 25.0 Å². The molecule has 0 atom stereocenters. The van der Waals surface area contributed by atoms with E-state index in [1.807, 2.05) is 44.2 Å². The van der Waals surface area contributed by atoms with Crippen LogP contribution in [-0.2, 0) is 4.74 Å². The molecule has 0 N–H and O–H groups in total. The summed E-state index contributed by atoms with van der Waals surface area (Å²) >= 11 is 0. The molecule has 0 heterocycles. The van der Waals surface area contributed by atoms with Crippen LogP contribution in [0.15, 0.2) is 36.9 Å². The van der Waals surface area contributed by atoms with Gasteiger partial charge in [0, 0.05) is 7.11 Å². The Kier molecular flexibility index (Phi) is 2.89. The van der Waals surface area contributed by atoms with E-state index >= 15 is 0 Å². The van der Waals surface area contributed by atoms with E-state index in [1.165, 1.54) is 0 Å². The number of hydrogen-bond acceptors (Lipinski definition) is 1. The minimum absolute atomic E-state index is 0.290. The maximum absolute atomic E-state index is 5.35. The summed E-state index contributed by atoms with van der Waals surface area (Å²) in [6.07, 6.45) is 0. The zero-order chi connectivity index (χ0) is 9.90. The Balaban J connectivity index is 2.93. The second-order valence-corrected chi connectivity index (χ2v) is 3.56. The van der Waals surface area contributed by atoms with Crippen molar-refractivity contribution in [1.82, 2.24) is 0 Å². The average molecular weight is 176 g/mol. The standard InChI is InChI=1S/C12H16O/c1-10(12(2,3)13-4)11-8-6-5-7-9-11/h5-9H,1H2,2-4H3. The molecule has 1 aromatic rings. The Morgan fingerprint density at radius 2 is 1.77 bits per heavy atom. The molecule has 1 aromatic carbocycles. The quantitative estimate of drug-likeness (QED) is 0.687. The normalized spacial score (nSPS) is 11.3. The summed E-state index contributed by atoms with van der Waals surface area (Å²) in [5.41, 5.74) is 1.85. The summed E-state index contributed by atoms with van der Waals surface area (Å²) in [6, 6.07) is 10.1. The molecule has 0 fully saturated rings. The van der Waals surface area contributed by atoms with Crippen molar-refractivity contribution in [2.45, 2.75) is 19.4 Å². The first-order valence-corrected chi connectivity index (χ1v) is 4.38. The Morgan fingerprint density at radius 3 is 2.23 bits per heavy atom. The van der Waals surface area contributed by atoms with Crippen LogP contribution >= 0.6 is 0 Å². The number of rotatable bonds is 3. The Hall–Kier alpha value is -1.08. The van der Waals surface area contributed by atoms with Gasteiger partial charge >= 0.3 is 0 Å². The lowest BCUT2D eigenvalue weighted by atomic mass is 9.93. The topological polar surface area (TPSA) is 9.23 Å². The molecule has 0 amide bonds. The highest BCUT2D eigenvalue weighted by Gasteiger charge is 2.21. The fourth-order valence-corrected chi connectivity index (χ4v) is 1.11. The molecule has 70 valence electrons. The van der Waals surface area contributed by atoms with Crippen molar-refractivity contribution in [2.75, 3.05) is 7.11 Å². The van der Waals surface area contributed by atoms with Crippen LogP contribution in [0.1, 0.15) is 19.4 Å². The van der Waals surface area contributed by atoms with Crippen LogP contribution in [0, 0.1) is 0 Å². The van der Waals surface area contributed by atoms with E-state index in [4.69, 9.17) is 4.74 Å². The second kappa shape index (κ2) is 3.75. The highest BCUT2D eigenvalue weighted by Crippen LogP contribution is 2.27. The lowest BCUT2D eigenvalue weighted by Gasteiger charge is -2.25. The highest BCUT2D eigenvalue weighted by molar-refractivity contribution is 5.69. The summed E-state index contributed by atoms with van der Waals surface area (Å²) in [4.78, 5) is 0. The predicted molar refractivity (Wildman–Crippen MR) is 56.6 cm³/mol. The Labute approximate surface area is 80.0 Å². The molecule has 0 unspecified atom stereocenters. The van der Waals surface area contributed by atoms with Gasteiger partial charge in [-0.2, -0.15) is 0 Å². The van der Waals surface area contributed by atoms with Crippen molar-refractivity contribution in [1.29, 1.82) is 0 Å². The monoisotopic (exact) mass is 176 g/mol. The smallest absolute Gasteiger partial charge is 0.0871 e. The summed E-state index contributed by atoms with van der Waals surface area (Å²) in [5.74, 6) is 0. The van der Waals surface area contributed by atoms with Gasteiger partial charge in [0.2, 0.25) is 0 Å². The lowest BCUT2D eigenvalue weighted by Crippen LogP contribution is -2.23. The maximum Gasteiger partial charge on any atom is 0.0871 e. The molecule has 0 radical (unpaired) electrons. The van der Waals surface area contributed by atoms with Crippen molar-refractivity contribution in [3.05, 3.63) is 42.5 Å². The molecule has 0 spiro atoms. The fourth-order valence-electron chi connectivity index (χ4n) is 1.11. The van der Waals surface area contributed by atoms with Crippen molar-refractivity contribution in [3.8, 4) is 0 Å². The van der Waals surface area contributed by atoms with Crippen LogP contribution in [0.4, 0.5) is 0 Å². The van der Waals surface area contributed by atoms with E-state index in [1.54, 1.807) is 7.11 Å². The van der Waals surface area contributed by atoms with Gasteiger partial charge in [-0.25, -0.2) is 0 Å². The Bertz CT molecular complexity index is 285. The van der Waals surface area contributed by atoms with Gasteiger partial charge in [0.25, 0.3) is 0 Å². The van der Waals surface area contributed by atoms with Crippen molar-refractivity contribution in [2.24, 2.45) is 0 Å². The van der Waals surface area contributed by atoms with Gasteiger partial charge in [0.05, 0.1) is 5.60 Å². The van der Waals surface area contributed by atoms with E-state index in [9.17, 15) is 0 Å². The molecule has 0 saturated heterocycles. The van der Waals surface area contributed by atoms with Crippen molar-refractivity contribution >= 4 is 5.57 Å². The van der Waals surface area contributed by atoms with Gasteiger partial charge < -0.3 is 4.74 Å². The molecular weight excluding hydrogens is 160 g/mol. The predicted octanol–water partition coefficient (Wildman–Crippen LogP) is 3.12. The number of methoxy groups -OCH3 is 1. The van der Waals surface area contributed by atoms with E-state index in [-0.39, 0.29) is 5.60 Å². The van der Waals surface area contributed by atoms with Gasteiger partial charge in [0.1, 0.15) is 0 Å². The van der Waals surface area contributed by atoms with Crippen molar-refractivity contribution < 1.29 is 4.74 Å². The molecule has 0 aliphatic heterocycles. The second-order valence-electron chi connectivity index (χ2n) is 3.56. The summed E-state index contributed by atoms with van der Waals surface area (Å²) in [7, 11) is 1.70. The van der Waals surface area contributed by atoms with Gasteiger partial charge in [-0.1, -0.05) is 36.9 Å². The number of hydrogen-bond donors (Lipinski definition) is 0. The summed E-state index contributed by atoms with van der Waals surface area (Å²) < 4.78 is 5.35. The third-order valence-electron chi connectivity index (χ3n) is 2.36. The lowest BCUT2D eigenvalue weighted by molar-refractivity contribution is 0.0747. The molecule has 0 aliphatic rings. The first kappa shape index (κ1) is 10.0. The molecular formula is C12H16O. The first-order chi connectivity index (χ1) is 6.08. The first-order valence-electron chi connectivity index (χ1n) is 4.38. The summed E-state index contributed by atoms with van der Waals surface area (Å²) in [6.45, 7) is 8.07. The number of ether oxygens (including phenoxy) is 1. The fraction of sp³-hybridized carbons (Fsp3) is 0.333. The zero-order valence-corrected chi connectivity index (χ0v) is 8.50. The molecule has 13 heavy (non-hydrogen) atoms. The largest absolute Gasteiger partial charge is 0.374 e.